The average molecular weight is 270 g/mol. The number of aromatic nitrogens is 1. The van der Waals surface area contributed by atoms with Gasteiger partial charge in [0.05, 0.1) is 0 Å². The lowest BCUT2D eigenvalue weighted by Crippen LogP contribution is -2.11. The van der Waals surface area contributed by atoms with E-state index in [2.05, 4.69) is 17.1 Å². The van der Waals surface area contributed by atoms with Crippen molar-refractivity contribution in [2.24, 2.45) is 5.73 Å². The minimum atomic E-state index is 0.277. The molecule has 96 valence electrons. The predicted octanol–water partition coefficient (Wildman–Crippen LogP) is 3.00. The molecule has 1 aromatic heterocycles. The first-order valence-corrected chi connectivity index (χ1v) is 6.69. The number of thiocarbonyl (C=S) groups is 1. The lowest BCUT2D eigenvalue weighted by Gasteiger charge is -2.08. The molecule has 4 heteroatoms. The van der Waals surface area contributed by atoms with Crippen LogP contribution in [0.5, 0.6) is 11.5 Å². The van der Waals surface area contributed by atoms with E-state index in [1.807, 2.05) is 6.07 Å². The molecule has 2 N–H and O–H groups in total. The summed E-state index contributed by atoms with van der Waals surface area (Å²) in [5.74, 6) is 1.55. The van der Waals surface area contributed by atoms with Crippen LogP contribution in [0, 0.1) is 0 Å². The summed E-state index contributed by atoms with van der Waals surface area (Å²) >= 11 is 4.91. The van der Waals surface area contributed by atoms with Crippen LogP contribution in [0.4, 0.5) is 0 Å². The van der Waals surface area contributed by atoms with Gasteiger partial charge in [0.15, 0.2) is 0 Å². The minimum absolute atomic E-state index is 0.277. The zero-order valence-electron chi connectivity index (χ0n) is 10.4. The van der Waals surface area contributed by atoms with Gasteiger partial charge in [-0.15, -0.1) is 0 Å². The number of hydrogen-bond donors (Lipinski definition) is 1. The van der Waals surface area contributed by atoms with Crippen molar-refractivity contribution in [2.75, 3.05) is 0 Å². The quantitative estimate of drug-likeness (QED) is 0.871. The first-order valence-electron chi connectivity index (χ1n) is 6.28. The van der Waals surface area contributed by atoms with Crippen molar-refractivity contribution in [2.45, 2.75) is 19.3 Å². The SMILES string of the molecule is NC(=S)c1cc(Oc2ccc3c(c2)CCC3)ccn1. The van der Waals surface area contributed by atoms with Crippen molar-refractivity contribution in [1.29, 1.82) is 0 Å². The summed E-state index contributed by atoms with van der Waals surface area (Å²) in [6, 6.07) is 9.83. The third-order valence-corrected chi connectivity index (χ3v) is 3.50. The molecular weight excluding hydrogens is 256 g/mol. The maximum atomic E-state index is 5.84. The maximum absolute atomic E-state index is 5.84. The van der Waals surface area contributed by atoms with Crippen molar-refractivity contribution >= 4 is 17.2 Å². The fourth-order valence-corrected chi connectivity index (χ4v) is 2.47. The van der Waals surface area contributed by atoms with Crippen LogP contribution in [0.3, 0.4) is 0 Å². The van der Waals surface area contributed by atoms with Gasteiger partial charge in [-0.1, -0.05) is 18.3 Å². The van der Waals surface area contributed by atoms with Crippen LogP contribution in [-0.2, 0) is 12.8 Å². The summed E-state index contributed by atoms with van der Waals surface area (Å²) in [7, 11) is 0. The van der Waals surface area contributed by atoms with Gasteiger partial charge in [-0.2, -0.15) is 0 Å². The molecule has 1 aliphatic carbocycles. The monoisotopic (exact) mass is 270 g/mol. The van der Waals surface area contributed by atoms with Gasteiger partial charge in [0.2, 0.25) is 0 Å². The van der Waals surface area contributed by atoms with Gasteiger partial charge in [0, 0.05) is 12.3 Å². The Kier molecular flexibility index (Phi) is 3.17. The Morgan fingerprint density at radius 3 is 2.74 bits per heavy atom. The van der Waals surface area contributed by atoms with Crippen LogP contribution in [0.2, 0.25) is 0 Å². The number of nitrogens with two attached hydrogens (primary N) is 1. The van der Waals surface area contributed by atoms with E-state index in [0.29, 0.717) is 11.4 Å². The molecule has 3 nitrogen and oxygen atoms in total. The molecule has 0 aliphatic heterocycles. The van der Waals surface area contributed by atoms with E-state index < -0.39 is 0 Å². The van der Waals surface area contributed by atoms with Gasteiger partial charge in [-0.05, 0) is 48.6 Å². The molecule has 19 heavy (non-hydrogen) atoms. The molecule has 0 unspecified atom stereocenters. The molecule has 0 saturated heterocycles. The molecule has 3 rings (SSSR count). The minimum Gasteiger partial charge on any atom is -0.457 e. The standard InChI is InChI=1S/C15H14N2OS/c16-15(19)14-9-13(6-7-17-14)18-12-5-4-10-2-1-3-11(10)8-12/h4-9H,1-3H2,(H2,16,19). The van der Waals surface area contributed by atoms with E-state index in [-0.39, 0.29) is 4.99 Å². The summed E-state index contributed by atoms with van der Waals surface area (Å²) in [5.41, 5.74) is 8.97. The highest BCUT2D eigenvalue weighted by atomic mass is 32.1. The molecular formula is C15H14N2OS. The largest absolute Gasteiger partial charge is 0.457 e. The van der Waals surface area contributed by atoms with Crippen molar-refractivity contribution in [3.63, 3.8) is 0 Å². The Morgan fingerprint density at radius 2 is 1.89 bits per heavy atom. The first-order chi connectivity index (χ1) is 9.22. The molecule has 2 aromatic rings. The number of pyridine rings is 1. The molecule has 0 fully saturated rings. The third-order valence-electron chi connectivity index (χ3n) is 3.29. The van der Waals surface area contributed by atoms with Crippen LogP contribution >= 0.6 is 12.2 Å². The average Bonchev–Trinajstić information content (AvgIpc) is 2.86. The fourth-order valence-electron chi connectivity index (χ4n) is 2.36. The van der Waals surface area contributed by atoms with Gasteiger partial charge in [-0.25, -0.2) is 0 Å². The normalized spacial score (nSPS) is 13.1. The molecule has 1 aromatic carbocycles. The van der Waals surface area contributed by atoms with Gasteiger partial charge in [0.25, 0.3) is 0 Å². The Morgan fingerprint density at radius 1 is 1.11 bits per heavy atom. The number of hydrogen-bond acceptors (Lipinski definition) is 3. The Bertz CT molecular complexity index is 640. The zero-order valence-corrected chi connectivity index (χ0v) is 11.2. The van der Waals surface area contributed by atoms with E-state index in [4.69, 9.17) is 22.7 Å². The fraction of sp³-hybridized carbons (Fsp3) is 0.200. The highest BCUT2D eigenvalue weighted by Gasteiger charge is 2.11. The van der Waals surface area contributed by atoms with Gasteiger partial charge >= 0.3 is 0 Å². The Labute approximate surface area is 117 Å². The van der Waals surface area contributed by atoms with Gasteiger partial charge in [0.1, 0.15) is 22.2 Å². The maximum Gasteiger partial charge on any atom is 0.131 e. The van der Waals surface area contributed by atoms with Crippen LogP contribution in [-0.4, -0.2) is 9.97 Å². The van der Waals surface area contributed by atoms with Crippen molar-refractivity contribution in [1.82, 2.24) is 4.98 Å². The van der Waals surface area contributed by atoms with E-state index in [9.17, 15) is 0 Å². The molecule has 1 aliphatic rings. The van der Waals surface area contributed by atoms with Crippen LogP contribution < -0.4 is 10.5 Å². The molecule has 0 bridgehead atoms. The number of rotatable bonds is 3. The number of nitrogens with zero attached hydrogens (tertiary/aromatic N) is 1. The second kappa shape index (κ2) is 4.97. The molecule has 0 radical (unpaired) electrons. The van der Waals surface area contributed by atoms with E-state index >= 15 is 0 Å². The van der Waals surface area contributed by atoms with Crippen molar-refractivity contribution in [3.05, 3.63) is 53.3 Å². The van der Waals surface area contributed by atoms with E-state index in [1.165, 1.54) is 24.0 Å². The summed E-state index contributed by atoms with van der Waals surface area (Å²) in [5, 5.41) is 0. The molecule has 0 saturated carbocycles. The van der Waals surface area contributed by atoms with Crippen LogP contribution in [0.25, 0.3) is 0 Å². The summed E-state index contributed by atoms with van der Waals surface area (Å²) in [4.78, 5) is 4.37. The highest BCUT2D eigenvalue weighted by Crippen LogP contribution is 2.28. The molecule has 1 heterocycles. The van der Waals surface area contributed by atoms with Gasteiger partial charge < -0.3 is 10.5 Å². The van der Waals surface area contributed by atoms with Crippen molar-refractivity contribution < 1.29 is 4.74 Å². The van der Waals surface area contributed by atoms with Gasteiger partial charge in [-0.3, -0.25) is 4.98 Å². The molecule has 0 spiro atoms. The topological polar surface area (TPSA) is 48.1 Å². The lowest BCUT2D eigenvalue weighted by atomic mass is 10.1. The predicted molar refractivity (Wildman–Crippen MR) is 78.7 cm³/mol. The summed E-state index contributed by atoms with van der Waals surface area (Å²) < 4.78 is 5.84. The second-order valence-corrected chi connectivity index (χ2v) is 5.07. The zero-order chi connectivity index (χ0) is 13.2. The number of ether oxygens (including phenoxy) is 1. The highest BCUT2D eigenvalue weighted by molar-refractivity contribution is 7.80. The lowest BCUT2D eigenvalue weighted by molar-refractivity contribution is 0.481. The number of aryl methyl sites for hydroxylation is 2. The van der Waals surface area contributed by atoms with E-state index in [1.54, 1.807) is 18.3 Å². The number of fused-ring (bicyclic) bond motifs is 1. The summed E-state index contributed by atoms with van der Waals surface area (Å²) in [6.45, 7) is 0. The summed E-state index contributed by atoms with van der Waals surface area (Å²) in [6.07, 6.45) is 5.20. The molecule has 0 atom stereocenters. The van der Waals surface area contributed by atoms with E-state index in [0.717, 1.165) is 12.2 Å². The molecule has 0 amide bonds. The van der Waals surface area contributed by atoms with Crippen molar-refractivity contribution in [3.8, 4) is 11.5 Å². The third kappa shape index (κ3) is 2.58. The second-order valence-electron chi connectivity index (χ2n) is 4.63. The Balaban J connectivity index is 1.85. The van der Waals surface area contributed by atoms with Crippen LogP contribution in [0.15, 0.2) is 36.5 Å². The first kappa shape index (κ1) is 12.1. The Hall–Kier alpha value is -1.94. The smallest absolute Gasteiger partial charge is 0.131 e. The van der Waals surface area contributed by atoms with Crippen LogP contribution in [0.1, 0.15) is 23.2 Å². The number of benzene rings is 1.